The Balaban J connectivity index is 2.10. The van der Waals surface area contributed by atoms with Crippen LogP contribution in [0.5, 0.6) is 0 Å². The van der Waals surface area contributed by atoms with Crippen LogP contribution in [0.25, 0.3) is 0 Å². The van der Waals surface area contributed by atoms with Crippen LogP contribution < -0.4 is 0 Å². The molecule has 0 heteroatoms. The summed E-state index contributed by atoms with van der Waals surface area (Å²) in [6.07, 6.45) is 12.1. The lowest BCUT2D eigenvalue weighted by Crippen LogP contribution is -2.07. The molecular weight excluding hydrogens is 108 g/mol. The molecule has 2 aliphatic carbocycles. The maximum atomic E-state index is 2.45. The number of hydrogen-bond acceptors (Lipinski definition) is 0. The molecule has 0 heterocycles. The van der Waals surface area contributed by atoms with E-state index in [1.54, 1.807) is 0 Å². The third-order valence-corrected chi connectivity index (χ3v) is 2.81. The molecule has 0 aromatic rings. The van der Waals surface area contributed by atoms with Gasteiger partial charge in [0.15, 0.2) is 0 Å². The van der Waals surface area contributed by atoms with Gasteiger partial charge in [0, 0.05) is 0 Å². The second kappa shape index (κ2) is 2.17. The monoisotopic (exact) mass is 122 g/mol. The fourth-order valence-corrected chi connectivity index (χ4v) is 2.26. The largest absolute Gasteiger partial charge is 0.0882 e. The minimum Gasteiger partial charge on any atom is -0.0882 e. The first-order chi connectivity index (χ1) is 4.47. The third-order valence-electron chi connectivity index (χ3n) is 2.81. The molecule has 0 aromatic heterocycles. The van der Waals surface area contributed by atoms with Crippen LogP contribution in [-0.2, 0) is 0 Å². The molecule has 0 nitrogen and oxygen atoms in total. The van der Waals surface area contributed by atoms with E-state index < -0.39 is 0 Å². The predicted molar refractivity (Wildman–Crippen MR) is 39.2 cm³/mol. The van der Waals surface area contributed by atoms with E-state index in [4.69, 9.17) is 0 Å². The SMILES string of the molecule is C1=C[C@H]2CCC[C@H]2CC1. The molecule has 0 aliphatic heterocycles. The van der Waals surface area contributed by atoms with Crippen molar-refractivity contribution in [2.24, 2.45) is 11.8 Å². The van der Waals surface area contributed by atoms with Gasteiger partial charge in [-0.15, -0.1) is 0 Å². The molecule has 2 aliphatic rings. The van der Waals surface area contributed by atoms with Crippen molar-refractivity contribution in [1.82, 2.24) is 0 Å². The molecule has 1 saturated carbocycles. The highest BCUT2D eigenvalue weighted by molar-refractivity contribution is 4.99. The summed E-state index contributed by atoms with van der Waals surface area (Å²) in [4.78, 5) is 0. The van der Waals surface area contributed by atoms with E-state index in [1.165, 1.54) is 32.1 Å². The van der Waals surface area contributed by atoms with E-state index in [1.807, 2.05) is 0 Å². The Bertz CT molecular complexity index is 124. The Morgan fingerprint density at radius 2 is 2.11 bits per heavy atom. The van der Waals surface area contributed by atoms with Crippen LogP contribution in [-0.4, -0.2) is 0 Å². The fourth-order valence-electron chi connectivity index (χ4n) is 2.26. The normalized spacial score (nSPS) is 40.9. The minimum absolute atomic E-state index is 0.985. The lowest BCUT2D eigenvalue weighted by Gasteiger charge is -2.18. The van der Waals surface area contributed by atoms with Gasteiger partial charge >= 0.3 is 0 Å². The number of fused-ring (bicyclic) bond motifs is 1. The van der Waals surface area contributed by atoms with Crippen molar-refractivity contribution in [3.05, 3.63) is 12.2 Å². The first kappa shape index (κ1) is 5.52. The lowest BCUT2D eigenvalue weighted by molar-refractivity contribution is 0.412. The first-order valence-electron chi connectivity index (χ1n) is 4.13. The summed E-state index contributed by atoms with van der Waals surface area (Å²) in [5.74, 6) is 2.06. The van der Waals surface area contributed by atoms with Gasteiger partial charge in [-0.1, -0.05) is 18.6 Å². The van der Waals surface area contributed by atoms with E-state index >= 15 is 0 Å². The van der Waals surface area contributed by atoms with Crippen LogP contribution in [0.1, 0.15) is 32.1 Å². The second-order valence-corrected chi connectivity index (χ2v) is 3.36. The highest BCUT2D eigenvalue weighted by atomic mass is 14.3. The summed E-state index contributed by atoms with van der Waals surface area (Å²) in [5.41, 5.74) is 0. The summed E-state index contributed by atoms with van der Waals surface area (Å²) in [5, 5.41) is 0. The Labute approximate surface area is 57.0 Å². The molecule has 0 amide bonds. The van der Waals surface area contributed by atoms with Crippen molar-refractivity contribution < 1.29 is 0 Å². The summed E-state index contributed by atoms with van der Waals surface area (Å²) in [6, 6.07) is 0. The topological polar surface area (TPSA) is 0 Å². The van der Waals surface area contributed by atoms with Gasteiger partial charge in [0.2, 0.25) is 0 Å². The van der Waals surface area contributed by atoms with Crippen LogP contribution in [0.15, 0.2) is 12.2 Å². The molecule has 0 radical (unpaired) electrons. The van der Waals surface area contributed by atoms with Crippen LogP contribution in [0, 0.1) is 11.8 Å². The van der Waals surface area contributed by atoms with Gasteiger partial charge in [0.1, 0.15) is 0 Å². The van der Waals surface area contributed by atoms with Crippen molar-refractivity contribution in [3.63, 3.8) is 0 Å². The molecule has 0 aromatic carbocycles. The standard InChI is InChI=1S/C9H14/c1-2-5-9-7-3-6-8(9)4-1/h1,4,8-9H,2-3,5-7H2/t8-,9+/m0/s1. The van der Waals surface area contributed by atoms with Gasteiger partial charge in [0.25, 0.3) is 0 Å². The van der Waals surface area contributed by atoms with Crippen molar-refractivity contribution >= 4 is 0 Å². The minimum atomic E-state index is 0.985. The quantitative estimate of drug-likeness (QED) is 0.433. The summed E-state index contributed by atoms with van der Waals surface area (Å²) in [6.45, 7) is 0. The van der Waals surface area contributed by atoms with Gasteiger partial charge in [-0.3, -0.25) is 0 Å². The highest BCUT2D eigenvalue weighted by Crippen LogP contribution is 2.38. The van der Waals surface area contributed by atoms with Crippen molar-refractivity contribution in [2.45, 2.75) is 32.1 Å². The van der Waals surface area contributed by atoms with E-state index in [9.17, 15) is 0 Å². The number of hydrogen-bond donors (Lipinski definition) is 0. The molecule has 0 N–H and O–H groups in total. The van der Waals surface area contributed by atoms with Crippen molar-refractivity contribution in [3.8, 4) is 0 Å². The van der Waals surface area contributed by atoms with Gasteiger partial charge in [-0.25, -0.2) is 0 Å². The molecule has 2 atom stereocenters. The third kappa shape index (κ3) is 0.910. The zero-order chi connectivity index (χ0) is 6.10. The Kier molecular flexibility index (Phi) is 1.33. The molecule has 0 unspecified atom stereocenters. The number of allylic oxidation sites excluding steroid dienone is 2. The summed E-state index contributed by atoms with van der Waals surface area (Å²) >= 11 is 0. The average Bonchev–Trinajstić information content (AvgIpc) is 2.33. The molecule has 0 saturated heterocycles. The van der Waals surface area contributed by atoms with Gasteiger partial charge < -0.3 is 0 Å². The van der Waals surface area contributed by atoms with Gasteiger partial charge in [-0.05, 0) is 37.5 Å². The molecule has 0 bridgehead atoms. The van der Waals surface area contributed by atoms with Crippen LogP contribution in [0.3, 0.4) is 0 Å². The van der Waals surface area contributed by atoms with E-state index in [-0.39, 0.29) is 0 Å². The molecular formula is C9H14. The Morgan fingerprint density at radius 1 is 1.11 bits per heavy atom. The van der Waals surface area contributed by atoms with Crippen molar-refractivity contribution in [2.75, 3.05) is 0 Å². The predicted octanol–water partition coefficient (Wildman–Crippen LogP) is 2.75. The first-order valence-corrected chi connectivity index (χ1v) is 4.13. The fraction of sp³-hybridized carbons (Fsp3) is 0.778. The van der Waals surface area contributed by atoms with E-state index in [2.05, 4.69) is 12.2 Å². The number of rotatable bonds is 0. The Morgan fingerprint density at radius 3 is 3.00 bits per heavy atom. The maximum absolute atomic E-state index is 2.45. The zero-order valence-corrected chi connectivity index (χ0v) is 5.84. The summed E-state index contributed by atoms with van der Waals surface area (Å²) in [7, 11) is 0. The van der Waals surface area contributed by atoms with Crippen LogP contribution >= 0.6 is 0 Å². The van der Waals surface area contributed by atoms with Crippen LogP contribution in [0.4, 0.5) is 0 Å². The molecule has 2 rings (SSSR count). The maximum Gasteiger partial charge on any atom is -0.0205 e. The van der Waals surface area contributed by atoms with Gasteiger partial charge in [-0.2, -0.15) is 0 Å². The smallest absolute Gasteiger partial charge is 0.0205 e. The van der Waals surface area contributed by atoms with E-state index in [0.717, 1.165) is 11.8 Å². The van der Waals surface area contributed by atoms with E-state index in [0.29, 0.717) is 0 Å². The Hall–Kier alpha value is -0.260. The van der Waals surface area contributed by atoms with Crippen LogP contribution in [0.2, 0.25) is 0 Å². The van der Waals surface area contributed by atoms with Gasteiger partial charge in [0.05, 0.1) is 0 Å². The highest BCUT2D eigenvalue weighted by Gasteiger charge is 2.25. The molecule has 1 fully saturated rings. The second-order valence-electron chi connectivity index (χ2n) is 3.36. The van der Waals surface area contributed by atoms with Crippen molar-refractivity contribution in [1.29, 1.82) is 0 Å². The zero-order valence-electron chi connectivity index (χ0n) is 5.84. The average molecular weight is 122 g/mol. The summed E-state index contributed by atoms with van der Waals surface area (Å²) < 4.78 is 0. The molecule has 9 heavy (non-hydrogen) atoms. The molecule has 50 valence electrons. The molecule has 0 spiro atoms. The lowest BCUT2D eigenvalue weighted by atomic mass is 9.87.